The van der Waals surface area contributed by atoms with Gasteiger partial charge in [-0.2, -0.15) is 0 Å². The van der Waals surface area contributed by atoms with Gasteiger partial charge in [0.2, 0.25) is 0 Å². The van der Waals surface area contributed by atoms with Gasteiger partial charge in [-0.25, -0.2) is 0 Å². The van der Waals surface area contributed by atoms with E-state index >= 15 is 0 Å². The molecule has 0 bridgehead atoms. The van der Waals surface area contributed by atoms with Crippen molar-refractivity contribution in [2.45, 2.75) is 51.4 Å². The molecule has 0 amide bonds. The maximum absolute atomic E-state index is 11.3. The van der Waals surface area contributed by atoms with Gasteiger partial charge in [-0.15, -0.1) is 0 Å². The standard InChI is InChI=1S/C15H20O/c1-2-14(16)11-10-13-6-3-4-9-15(13)12-7-5-8-12/h3-4,6,9,12H,2,5,7-8,10-11H2,1H3. The van der Waals surface area contributed by atoms with Crippen molar-refractivity contribution in [2.75, 3.05) is 0 Å². The molecular weight excluding hydrogens is 196 g/mol. The predicted octanol–water partition coefficient (Wildman–Crippen LogP) is 3.87. The van der Waals surface area contributed by atoms with Crippen molar-refractivity contribution in [3.8, 4) is 0 Å². The summed E-state index contributed by atoms with van der Waals surface area (Å²) in [6.45, 7) is 1.94. The third-order valence-electron chi connectivity index (χ3n) is 3.67. The van der Waals surface area contributed by atoms with E-state index in [1.54, 1.807) is 0 Å². The van der Waals surface area contributed by atoms with Gasteiger partial charge in [-0.1, -0.05) is 37.6 Å². The lowest BCUT2D eigenvalue weighted by Gasteiger charge is -2.28. The van der Waals surface area contributed by atoms with Crippen LogP contribution in [-0.2, 0) is 11.2 Å². The van der Waals surface area contributed by atoms with Crippen LogP contribution in [0.15, 0.2) is 24.3 Å². The number of rotatable bonds is 5. The van der Waals surface area contributed by atoms with Crippen molar-refractivity contribution in [3.05, 3.63) is 35.4 Å². The first-order chi connectivity index (χ1) is 7.81. The molecule has 0 atom stereocenters. The lowest BCUT2D eigenvalue weighted by atomic mass is 9.77. The number of aryl methyl sites for hydroxylation is 1. The molecule has 0 N–H and O–H groups in total. The first kappa shape index (κ1) is 11.4. The van der Waals surface area contributed by atoms with Crippen LogP contribution in [0.4, 0.5) is 0 Å². The highest BCUT2D eigenvalue weighted by Crippen LogP contribution is 2.38. The fourth-order valence-electron chi connectivity index (χ4n) is 2.33. The fraction of sp³-hybridized carbons (Fsp3) is 0.533. The van der Waals surface area contributed by atoms with Crippen LogP contribution in [0.1, 0.15) is 56.1 Å². The van der Waals surface area contributed by atoms with Crippen LogP contribution in [0, 0.1) is 0 Å². The molecule has 1 aromatic rings. The molecule has 16 heavy (non-hydrogen) atoms. The number of carbonyl (C=O) groups excluding carboxylic acids is 1. The summed E-state index contributed by atoms with van der Waals surface area (Å²) in [4.78, 5) is 11.3. The van der Waals surface area contributed by atoms with Gasteiger partial charge in [0.25, 0.3) is 0 Å². The molecule has 1 aliphatic rings. The normalized spacial score (nSPS) is 15.8. The molecule has 1 aromatic carbocycles. The Kier molecular flexibility index (Phi) is 3.76. The first-order valence-electron chi connectivity index (χ1n) is 6.40. The summed E-state index contributed by atoms with van der Waals surface area (Å²) < 4.78 is 0. The number of carbonyl (C=O) groups is 1. The summed E-state index contributed by atoms with van der Waals surface area (Å²) in [5.74, 6) is 1.15. The average molecular weight is 216 g/mol. The molecule has 1 aliphatic carbocycles. The maximum Gasteiger partial charge on any atom is 0.132 e. The molecule has 1 fully saturated rings. The van der Waals surface area contributed by atoms with Gasteiger partial charge in [0, 0.05) is 12.8 Å². The van der Waals surface area contributed by atoms with Crippen molar-refractivity contribution >= 4 is 5.78 Å². The zero-order valence-corrected chi connectivity index (χ0v) is 10.0. The Morgan fingerprint density at radius 3 is 2.69 bits per heavy atom. The summed E-state index contributed by atoms with van der Waals surface area (Å²) >= 11 is 0. The van der Waals surface area contributed by atoms with Crippen LogP contribution in [0.5, 0.6) is 0 Å². The average Bonchev–Trinajstić information content (AvgIpc) is 2.25. The Morgan fingerprint density at radius 1 is 1.31 bits per heavy atom. The van der Waals surface area contributed by atoms with E-state index in [9.17, 15) is 4.79 Å². The molecule has 86 valence electrons. The zero-order chi connectivity index (χ0) is 11.4. The Bertz CT molecular complexity index is 363. The van der Waals surface area contributed by atoms with E-state index in [1.165, 1.54) is 30.4 Å². The molecular formula is C15H20O. The minimum absolute atomic E-state index is 0.378. The van der Waals surface area contributed by atoms with Crippen LogP contribution >= 0.6 is 0 Å². The molecule has 2 rings (SSSR count). The van der Waals surface area contributed by atoms with Gasteiger partial charge in [-0.3, -0.25) is 4.79 Å². The van der Waals surface area contributed by atoms with Crippen LogP contribution in [0.3, 0.4) is 0 Å². The highest BCUT2D eigenvalue weighted by molar-refractivity contribution is 5.78. The van der Waals surface area contributed by atoms with E-state index in [0.29, 0.717) is 18.6 Å². The molecule has 0 heterocycles. The maximum atomic E-state index is 11.3. The first-order valence-corrected chi connectivity index (χ1v) is 6.40. The summed E-state index contributed by atoms with van der Waals surface area (Å²) in [6.07, 6.45) is 6.34. The Balaban J connectivity index is 2.04. The second-order valence-corrected chi connectivity index (χ2v) is 4.72. The van der Waals surface area contributed by atoms with E-state index in [-0.39, 0.29) is 0 Å². The predicted molar refractivity (Wildman–Crippen MR) is 66.7 cm³/mol. The zero-order valence-electron chi connectivity index (χ0n) is 10.0. The highest BCUT2D eigenvalue weighted by atomic mass is 16.1. The summed E-state index contributed by atoms with van der Waals surface area (Å²) in [5, 5.41) is 0. The molecule has 0 spiro atoms. The van der Waals surface area contributed by atoms with E-state index < -0.39 is 0 Å². The fourth-order valence-corrected chi connectivity index (χ4v) is 2.33. The summed E-state index contributed by atoms with van der Waals surface area (Å²) in [7, 11) is 0. The Morgan fingerprint density at radius 2 is 2.06 bits per heavy atom. The van der Waals surface area contributed by atoms with Gasteiger partial charge < -0.3 is 0 Å². The molecule has 0 aliphatic heterocycles. The molecule has 1 saturated carbocycles. The van der Waals surface area contributed by atoms with Crippen molar-refractivity contribution in [3.63, 3.8) is 0 Å². The molecule has 0 unspecified atom stereocenters. The number of Topliss-reactive ketones (excluding diaryl/α,β-unsaturated/α-hetero) is 1. The van der Waals surface area contributed by atoms with Gasteiger partial charge in [0.1, 0.15) is 5.78 Å². The molecule has 0 saturated heterocycles. The number of hydrogen-bond acceptors (Lipinski definition) is 1. The summed E-state index contributed by atoms with van der Waals surface area (Å²) in [5.41, 5.74) is 2.90. The largest absolute Gasteiger partial charge is 0.300 e. The van der Waals surface area contributed by atoms with Gasteiger partial charge in [0.15, 0.2) is 0 Å². The number of benzene rings is 1. The van der Waals surface area contributed by atoms with Gasteiger partial charge >= 0.3 is 0 Å². The summed E-state index contributed by atoms with van der Waals surface area (Å²) in [6, 6.07) is 8.65. The van der Waals surface area contributed by atoms with E-state index in [1.807, 2.05) is 6.92 Å². The van der Waals surface area contributed by atoms with Crippen molar-refractivity contribution in [2.24, 2.45) is 0 Å². The quantitative estimate of drug-likeness (QED) is 0.730. The third kappa shape index (κ3) is 2.52. The van der Waals surface area contributed by atoms with Gasteiger partial charge in [-0.05, 0) is 36.3 Å². The molecule has 0 aromatic heterocycles. The SMILES string of the molecule is CCC(=O)CCc1ccccc1C1CCC1. The van der Waals surface area contributed by atoms with Crippen LogP contribution in [0.25, 0.3) is 0 Å². The van der Waals surface area contributed by atoms with Crippen LogP contribution < -0.4 is 0 Å². The topological polar surface area (TPSA) is 17.1 Å². The molecule has 1 nitrogen and oxygen atoms in total. The minimum Gasteiger partial charge on any atom is -0.300 e. The van der Waals surface area contributed by atoms with E-state index in [0.717, 1.165) is 12.3 Å². The number of ketones is 1. The lowest BCUT2D eigenvalue weighted by molar-refractivity contribution is -0.118. The molecule has 0 radical (unpaired) electrons. The van der Waals surface area contributed by atoms with Crippen molar-refractivity contribution in [1.29, 1.82) is 0 Å². The van der Waals surface area contributed by atoms with Crippen molar-refractivity contribution < 1.29 is 4.79 Å². The second kappa shape index (κ2) is 5.29. The second-order valence-electron chi connectivity index (χ2n) is 4.72. The number of hydrogen-bond donors (Lipinski definition) is 0. The Labute approximate surface area is 97.9 Å². The molecule has 1 heteroatoms. The monoisotopic (exact) mass is 216 g/mol. The third-order valence-corrected chi connectivity index (χ3v) is 3.67. The minimum atomic E-state index is 0.378. The lowest BCUT2D eigenvalue weighted by Crippen LogP contribution is -2.11. The van der Waals surface area contributed by atoms with Crippen molar-refractivity contribution in [1.82, 2.24) is 0 Å². The van der Waals surface area contributed by atoms with Gasteiger partial charge in [0.05, 0.1) is 0 Å². The van der Waals surface area contributed by atoms with E-state index in [2.05, 4.69) is 24.3 Å². The smallest absolute Gasteiger partial charge is 0.132 e. The van der Waals surface area contributed by atoms with Crippen LogP contribution in [-0.4, -0.2) is 5.78 Å². The Hall–Kier alpha value is -1.11. The van der Waals surface area contributed by atoms with Crippen LogP contribution in [0.2, 0.25) is 0 Å². The van der Waals surface area contributed by atoms with E-state index in [4.69, 9.17) is 0 Å². The highest BCUT2D eigenvalue weighted by Gasteiger charge is 2.21.